The van der Waals surface area contributed by atoms with E-state index in [1.54, 1.807) is 13.8 Å². The normalized spacial score (nSPS) is 22.6. The second kappa shape index (κ2) is 3.68. The van der Waals surface area contributed by atoms with Crippen LogP contribution >= 0.6 is 0 Å². The van der Waals surface area contributed by atoms with E-state index in [2.05, 4.69) is 0 Å². The molecule has 0 saturated carbocycles. The fourth-order valence-corrected chi connectivity index (χ4v) is 1.28. The van der Waals surface area contributed by atoms with Crippen molar-refractivity contribution in [2.75, 3.05) is 0 Å². The van der Waals surface area contributed by atoms with Gasteiger partial charge < -0.3 is 0 Å². The molecule has 1 fully saturated rings. The molecule has 1 aliphatic heterocycles. The van der Waals surface area contributed by atoms with Crippen LogP contribution in [0.15, 0.2) is 0 Å². The zero-order chi connectivity index (χ0) is 10.0. The highest BCUT2D eigenvalue weighted by atomic mass is 16.2. The van der Waals surface area contributed by atoms with Crippen LogP contribution in [0.25, 0.3) is 0 Å². The summed E-state index contributed by atoms with van der Waals surface area (Å²) >= 11 is 0. The first kappa shape index (κ1) is 9.89. The zero-order valence-electron chi connectivity index (χ0n) is 7.74. The van der Waals surface area contributed by atoms with Crippen LogP contribution in [-0.4, -0.2) is 22.6 Å². The third-order valence-corrected chi connectivity index (χ3v) is 1.97. The lowest BCUT2D eigenvalue weighted by molar-refractivity contribution is -0.148. The summed E-state index contributed by atoms with van der Waals surface area (Å²) in [4.78, 5) is 34.5. The molecule has 0 N–H and O–H groups in total. The van der Waals surface area contributed by atoms with Crippen LogP contribution < -0.4 is 0 Å². The topological polar surface area (TPSA) is 54.5 Å². The minimum atomic E-state index is -0.484. The first-order chi connectivity index (χ1) is 6.07. The average Bonchev–Trinajstić information content (AvgIpc) is 2.27. The monoisotopic (exact) mass is 182 g/mol. The maximum absolute atomic E-state index is 11.3. The fraction of sp³-hybridized carbons (Fsp3) is 0.556. The van der Waals surface area contributed by atoms with Crippen molar-refractivity contribution in [1.29, 1.82) is 0 Å². The Balaban J connectivity index is 2.74. The van der Waals surface area contributed by atoms with Gasteiger partial charge in [0.05, 0.1) is 6.42 Å². The summed E-state index contributed by atoms with van der Waals surface area (Å²) in [6.45, 7) is 3.44. The number of hydrogen-bond donors (Lipinski definition) is 0. The van der Waals surface area contributed by atoms with Crippen LogP contribution in [0.2, 0.25) is 0 Å². The molecule has 0 aromatic heterocycles. The summed E-state index contributed by atoms with van der Waals surface area (Å²) in [6.07, 6.45) is 2.03. The van der Waals surface area contributed by atoms with Crippen molar-refractivity contribution in [1.82, 2.24) is 4.90 Å². The number of carbonyl (C=O) groups excluding carboxylic acids is 3. The van der Waals surface area contributed by atoms with Crippen LogP contribution in [0.5, 0.6) is 0 Å². The Kier molecular flexibility index (Phi) is 2.80. The van der Waals surface area contributed by atoms with Gasteiger partial charge in [0.1, 0.15) is 0 Å². The number of imide groups is 3. The van der Waals surface area contributed by atoms with Crippen LogP contribution in [0.4, 0.5) is 0 Å². The molecule has 3 amide bonds. The van der Waals surface area contributed by atoms with Crippen molar-refractivity contribution in [3.05, 3.63) is 6.42 Å². The van der Waals surface area contributed by atoms with Gasteiger partial charge in [-0.15, -0.1) is 0 Å². The Labute approximate surface area is 76.9 Å². The van der Waals surface area contributed by atoms with E-state index in [1.807, 2.05) is 0 Å². The minimum absolute atomic E-state index is 0.155. The predicted molar refractivity (Wildman–Crippen MR) is 45.2 cm³/mol. The Morgan fingerprint density at radius 2 is 2.23 bits per heavy atom. The van der Waals surface area contributed by atoms with E-state index in [9.17, 15) is 14.4 Å². The second-order valence-corrected chi connectivity index (χ2v) is 3.12. The van der Waals surface area contributed by atoms with E-state index in [-0.39, 0.29) is 24.2 Å². The molecule has 1 radical (unpaired) electrons. The minimum Gasteiger partial charge on any atom is -0.274 e. The highest BCUT2D eigenvalue weighted by molar-refractivity contribution is 6.17. The number of likely N-dealkylation sites (tertiary alicyclic amines) is 1. The highest BCUT2D eigenvalue weighted by Gasteiger charge is 2.39. The van der Waals surface area contributed by atoms with Gasteiger partial charge in [-0.05, 0) is 6.42 Å². The lowest BCUT2D eigenvalue weighted by atomic mass is 10.1. The Morgan fingerprint density at radius 3 is 2.62 bits per heavy atom. The lowest BCUT2D eigenvalue weighted by Gasteiger charge is -2.10. The maximum atomic E-state index is 11.3. The van der Waals surface area contributed by atoms with Crippen molar-refractivity contribution in [3.8, 4) is 0 Å². The molecule has 0 aromatic rings. The molecule has 0 aliphatic carbocycles. The van der Waals surface area contributed by atoms with E-state index in [1.165, 1.54) is 6.42 Å². The number of hydrogen-bond acceptors (Lipinski definition) is 3. The van der Waals surface area contributed by atoms with Crippen molar-refractivity contribution >= 4 is 17.7 Å². The SMILES string of the molecule is CC[CH]C(=O)N1C(=O)CC(C)C1=O. The van der Waals surface area contributed by atoms with E-state index < -0.39 is 5.91 Å². The molecule has 4 nitrogen and oxygen atoms in total. The Bertz CT molecular complexity index is 260. The first-order valence-corrected chi connectivity index (χ1v) is 4.32. The summed E-state index contributed by atoms with van der Waals surface area (Å²) in [5.41, 5.74) is 0. The molecular formula is C9H12NO3. The summed E-state index contributed by atoms with van der Waals surface area (Å²) in [7, 11) is 0. The lowest BCUT2D eigenvalue weighted by Crippen LogP contribution is -2.36. The third kappa shape index (κ3) is 1.76. The Hall–Kier alpha value is -1.19. The average molecular weight is 182 g/mol. The largest absolute Gasteiger partial charge is 0.274 e. The van der Waals surface area contributed by atoms with Gasteiger partial charge in [0.2, 0.25) is 17.7 Å². The van der Waals surface area contributed by atoms with Crippen LogP contribution in [0.1, 0.15) is 26.7 Å². The van der Waals surface area contributed by atoms with Crippen molar-refractivity contribution in [3.63, 3.8) is 0 Å². The van der Waals surface area contributed by atoms with Gasteiger partial charge in [0, 0.05) is 12.3 Å². The molecule has 0 bridgehead atoms. The van der Waals surface area contributed by atoms with Gasteiger partial charge >= 0.3 is 0 Å². The number of carbonyl (C=O) groups is 3. The molecule has 1 unspecified atom stereocenters. The van der Waals surface area contributed by atoms with E-state index in [0.717, 1.165) is 4.90 Å². The summed E-state index contributed by atoms with van der Waals surface area (Å²) in [5.74, 6) is -1.59. The highest BCUT2D eigenvalue weighted by Crippen LogP contribution is 2.19. The van der Waals surface area contributed by atoms with E-state index in [0.29, 0.717) is 6.42 Å². The molecule has 71 valence electrons. The molecule has 1 heterocycles. The Morgan fingerprint density at radius 1 is 1.62 bits per heavy atom. The summed E-state index contributed by atoms with van der Waals surface area (Å²) < 4.78 is 0. The summed E-state index contributed by atoms with van der Waals surface area (Å²) in [6, 6.07) is 0. The van der Waals surface area contributed by atoms with Gasteiger partial charge in [0.25, 0.3) is 0 Å². The van der Waals surface area contributed by atoms with Gasteiger partial charge in [-0.25, -0.2) is 4.90 Å². The third-order valence-electron chi connectivity index (χ3n) is 1.97. The van der Waals surface area contributed by atoms with Gasteiger partial charge in [-0.3, -0.25) is 14.4 Å². The van der Waals surface area contributed by atoms with Gasteiger partial charge in [-0.2, -0.15) is 0 Å². The molecule has 1 atom stereocenters. The molecule has 1 aliphatic rings. The number of amides is 3. The molecule has 4 heteroatoms. The van der Waals surface area contributed by atoms with Gasteiger partial charge in [0.15, 0.2) is 0 Å². The van der Waals surface area contributed by atoms with Crippen LogP contribution in [-0.2, 0) is 14.4 Å². The molecule has 1 rings (SSSR count). The van der Waals surface area contributed by atoms with E-state index in [4.69, 9.17) is 0 Å². The molecule has 1 saturated heterocycles. The predicted octanol–water partition coefficient (Wildman–Crippen LogP) is 0.522. The van der Waals surface area contributed by atoms with Crippen molar-refractivity contribution < 1.29 is 14.4 Å². The fourth-order valence-electron chi connectivity index (χ4n) is 1.28. The van der Waals surface area contributed by atoms with Gasteiger partial charge in [-0.1, -0.05) is 13.8 Å². The number of rotatable bonds is 2. The van der Waals surface area contributed by atoms with Crippen LogP contribution in [0.3, 0.4) is 0 Å². The summed E-state index contributed by atoms with van der Waals surface area (Å²) in [5, 5.41) is 0. The second-order valence-electron chi connectivity index (χ2n) is 3.12. The molecule has 13 heavy (non-hydrogen) atoms. The van der Waals surface area contributed by atoms with E-state index >= 15 is 0 Å². The van der Waals surface area contributed by atoms with Crippen LogP contribution in [0, 0.1) is 12.3 Å². The maximum Gasteiger partial charge on any atom is 0.239 e. The smallest absolute Gasteiger partial charge is 0.239 e. The molecular weight excluding hydrogens is 170 g/mol. The standard InChI is InChI=1S/C9H12NO3/c1-3-4-7(11)10-8(12)5-6(2)9(10)13/h4,6H,3,5H2,1-2H3. The zero-order valence-corrected chi connectivity index (χ0v) is 7.74. The quantitative estimate of drug-likeness (QED) is 0.585. The number of nitrogens with zero attached hydrogens (tertiary/aromatic N) is 1. The molecule has 0 aromatic carbocycles. The first-order valence-electron chi connectivity index (χ1n) is 4.32. The van der Waals surface area contributed by atoms with Crippen molar-refractivity contribution in [2.24, 2.45) is 5.92 Å². The molecule has 0 spiro atoms. The van der Waals surface area contributed by atoms with Crippen molar-refractivity contribution in [2.45, 2.75) is 26.7 Å².